The second-order valence-electron chi connectivity index (χ2n) is 3.52. The van der Waals surface area contributed by atoms with Gasteiger partial charge in [0.1, 0.15) is 11.8 Å². The third-order valence-corrected chi connectivity index (χ3v) is 2.27. The molecule has 2 aromatic rings. The molecule has 1 aliphatic heterocycles. The summed E-state index contributed by atoms with van der Waals surface area (Å²) >= 11 is 0. The van der Waals surface area contributed by atoms with Crippen LogP contribution in [0.5, 0.6) is 0 Å². The van der Waals surface area contributed by atoms with E-state index in [1.165, 1.54) is 43.0 Å². The number of aromatic amines is 1. The maximum absolute atomic E-state index is 11.0. The number of nitrogens with two attached hydrogens (primary N) is 1. The zero-order valence-corrected chi connectivity index (χ0v) is 8.81. The van der Waals surface area contributed by atoms with Crippen molar-refractivity contribution in [3.8, 4) is 0 Å². The molecule has 0 spiro atoms. The summed E-state index contributed by atoms with van der Waals surface area (Å²) in [5, 5.41) is 7.00. The minimum absolute atomic E-state index is 0.0838. The van der Waals surface area contributed by atoms with E-state index in [1.54, 1.807) is 0 Å². The van der Waals surface area contributed by atoms with Crippen LogP contribution in [0.25, 0.3) is 5.52 Å². The Kier molecular flexibility index (Phi) is 3.16. The van der Waals surface area contributed by atoms with Crippen molar-refractivity contribution < 1.29 is 0 Å². The standard InChI is InChI=1S/C5H5N5O.C4H9N/c6-5-8-4(11)3-1-7-2-10(3)9-5;1-2-4-5-3-1/h1-2H,(H3,6,8,9,11);5H,1-4H2. The van der Waals surface area contributed by atoms with Crippen LogP contribution in [0.1, 0.15) is 12.8 Å². The summed E-state index contributed by atoms with van der Waals surface area (Å²) in [7, 11) is 0. The normalized spacial score (nSPS) is 14.8. The Hall–Kier alpha value is -1.89. The first kappa shape index (κ1) is 10.6. The highest BCUT2D eigenvalue weighted by molar-refractivity contribution is 5.41. The summed E-state index contributed by atoms with van der Waals surface area (Å²) in [4.78, 5) is 17.1. The minimum Gasteiger partial charge on any atom is -0.368 e. The number of fused-ring (bicyclic) bond motifs is 1. The SMILES string of the molecule is C1CCNC1.Nc1nn2cncc2c(=O)[nH]1. The van der Waals surface area contributed by atoms with Crippen molar-refractivity contribution in [3.05, 3.63) is 22.9 Å². The molecule has 4 N–H and O–H groups in total. The molecule has 0 atom stereocenters. The highest BCUT2D eigenvalue weighted by Gasteiger charge is 1.99. The summed E-state index contributed by atoms with van der Waals surface area (Å²) in [5.41, 5.74) is 5.37. The molecule has 0 radical (unpaired) electrons. The van der Waals surface area contributed by atoms with Gasteiger partial charge in [-0.05, 0) is 25.9 Å². The van der Waals surface area contributed by atoms with Crippen molar-refractivity contribution in [1.82, 2.24) is 24.9 Å². The van der Waals surface area contributed by atoms with Gasteiger partial charge >= 0.3 is 0 Å². The van der Waals surface area contributed by atoms with Gasteiger partial charge in [0.15, 0.2) is 0 Å². The van der Waals surface area contributed by atoms with Gasteiger partial charge in [0, 0.05) is 0 Å². The molecule has 7 nitrogen and oxygen atoms in total. The third-order valence-electron chi connectivity index (χ3n) is 2.27. The van der Waals surface area contributed by atoms with Crippen molar-refractivity contribution in [1.29, 1.82) is 0 Å². The van der Waals surface area contributed by atoms with Gasteiger partial charge in [-0.2, -0.15) is 0 Å². The van der Waals surface area contributed by atoms with Crippen LogP contribution in [0.3, 0.4) is 0 Å². The number of nitrogen functional groups attached to an aromatic ring is 1. The van der Waals surface area contributed by atoms with Gasteiger partial charge in [0.2, 0.25) is 5.95 Å². The molecule has 1 fully saturated rings. The first-order valence-corrected chi connectivity index (χ1v) is 5.16. The van der Waals surface area contributed by atoms with Crippen LogP contribution >= 0.6 is 0 Å². The fourth-order valence-corrected chi connectivity index (χ4v) is 1.48. The molecule has 0 aliphatic carbocycles. The monoisotopic (exact) mass is 222 g/mol. The van der Waals surface area contributed by atoms with Crippen LogP contribution in [0.15, 0.2) is 17.3 Å². The first-order valence-electron chi connectivity index (χ1n) is 5.16. The molecule has 0 amide bonds. The average Bonchev–Trinajstić information content (AvgIpc) is 2.90. The lowest BCUT2D eigenvalue weighted by Crippen LogP contribution is -2.14. The van der Waals surface area contributed by atoms with E-state index in [-0.39, 0.29) is 11.5 Å². The lowest BCUT2D eigenvalue weighted by molar-refractivity contribution is 0.857. The quantitative estimate of drug-likeness (QED) is 0.551. The number of hydrogen-bond donors (Lipinski definition) is 3. The van der Waals surface area contributed by atoms with Gasteiger partial charge in [-0.1, -0.05) is 0 Å². The molecular formula is C9H14N6O. The Morgan fingerprint density at radius 3 is 2.75 bits per heavy atom. The van der Waals surface area contributed by atoms with E-state index in [0.717, 1.165) is 0 Å². The van der Waals surface area contributed by atoms with Crippen LogP contribution in [0.4, 0.5) is 5.95 Å². The van der Waals surface area contributed by atoms with Gasteiger partial charge in [-0.15, -0.1) is 5.10 Å². The molecule has 0 aromatic carbocycles. The Balaban J connectivity index is 0.000000162. The van der Waals surface area contributed by atoms with E-state index in [2.05, 4.69) is 20.4 Å². The summed E-state index contributed by atoms with van der Waals surface area (Å²) in [6.07, 6.45) is 5.62. The van der Waals surface area contributed by atoms with E-state index in [1.807, 2.05) is 0 Å². The van der Waals surface area contributed by atoms with Crippen molar-refractivity contribution in [3.63, 3.8) is 0 Å². The first-order chi connectivity index (χ1) is 7.77. The number of hydrogen-bond acceptors (Lipinski definition) is 5. The fourth-order valence-electron chi connectivity index (χ4n) is 1.48. The number of rotatable bonds is 0. The molecule has 0 saturated carbocycles. The van der Waals surface area contributed by atoms with Crippen molar-refractivity contribution in [2.45, 2.75) is 12.8 Å². The van der Waals surface area contributed by atoms with Crippen LogP contribution in [-0.4, -0.2) is 32.7 Å². The molecule has 0 unspecified atom stereocenters. The van der Waals surface area contributed by atoms with Crippen molar-refractivity contribution in [2.24, 2.45) is 0 Å². The molecule has 2 aromatic heterocycles. The number of H-pyrrole nitrogens is 1. The van der Waals surface area contributed by atoms with Crippen molar-refractivity contribution in [2.75, 3.05) is 18.8 Å². The highest BCUT2D eigenvalue weighted by Crippen LogP contribution is 1.91. The van der Waals surface area contributed by atoms with Gasteiger partial charge in [-0.25, -0.2) is 9.50 Å². The number of aromatic nitrogens is 4. The lowest BCUT2D eigenvalue weighted by Gasteiger charge is -1.92. The maximum atomic E-state index is 11.0. The minimum atomic E-state index is -0.282. The summed E-state index contributed by atoms with van der Waals surface area (Å²) in [6.45, 7) is 2.50. The van der Waals surface area contributed by atoms with Crippen LogP contribution in [0.2, 0.25) is 0 Å². The van der Waals surface area contributed by atoms with E-state index >= 15 is 0 Å². The van der Waals surface area contributed by atoms with E-state index in [4.69, 9.17) is 5.73 Å². The zero-order valence-electron chi connectivity index (χ0n) is 8.81. The molecule has 86 valence electrons. The summed E-state index contributed by atoms with van der Waals surface area (Å²) in [5.74, 6) is 0.0838. The smallest absolute Gasteiger partial charge is 0.278 e. The van der Waals surface area contributed by atoms with Crippen LogP contribution in [-0.2, 0) is 0 Å². The van der Waals surface area contributed by atoms with E-state index in [0.29, 0.717) is 5.52 Å². The molecule has 16 heavy (non-hydrogen) atoms. The maximum Gasteiger partial charge on any atom is 0.278 e. The summed E-state index contributed by atoms with van der Waals surface area (Å²) < 4.78 is 1.33. The van der Waals surface area contributed by atoms with E-state index < -0.39 is 0 Å². The largest absolute Gasteiger partial charge is 0.368 e. The van der Waals surface area contributed by atoms with Crippen molar-refractivity contribution >= 4 is 11.5 Å². The molecule has 0 bridgehead atoms. The second kappa shape index (κ2) is 4.75. The average molecular weight is 222 g/mol. The Morgan fingerprint density at radius 1 is 1.38 bits per heavy atom. The number of imidazole rings is 1. The Labute approximate surface area is 91.7 Å². The topological polar surface area (TPSA) is 101 Å². The third kappa shape index (κ3) is 2.37. The lowest BCUT2D eigenvalue weighted by atomic mass is 10.4. The molecule has 1 saturated heterocycles. The Bertz CT molecular complexity index is 504. The van der Waals surface area contributed by atoms with Gasteiger partial charge < -0.3 is 11.1 Å². The summed E-state index contributed by atoms with van der Waals surface area (Å²) in [6, 6.07) is 0. The fraction of sp³-hybridized carbons (Fsp3) is 0.444. The van der Waals surface area contributed by atoms with Gasteiger partial charge in [0.25, 0.3) is 5.56 Å². The predicted octanol–water partition coefficient (Wildman–Crippen LogP) is -0.630. The van der Waals surface area contributed by atoms with Crippen LogP contribution in [0, 0.1) is 0 Å². The van der Waals surface area contributed by atoms with Gasteiger partial charge in [-0.3, -0.25) is 9.78 Å². The molecule has 7 heteroatoms. The Morgan fingerprint density at radius 2 is 2.12 bits per heavy atom. The van der Waals surface area contributed by atoms with Crippen LogP contribution < -0.4 is 16.6 Å². The zero-order chi connectivity index (χ0) is 11.4. The predicted molar refractivity (Wildman–Crippen MR) is 60.1 cm³/mol. The number of anilines is 1. The molecular weight excluding hydrogens is 208 g/mol. The molecule has 3 heterocycles. The number of nitrogens with one attached hydrogen (secondary N) is 2. The highest BCUT2D eigenvalue weighted by atomic mass is 16.1. The second-order valence-corrected chi connectivity index (χ2v) is 3.52. The molecule has 1 aliphatic rings. The molecule has 3 rings (SSSR count). The number of nitrogens with zero attached hydrogens (tertiary/aromatic N) is 3. The van der Waals surface area contributed by atoms with E-state index in [9.17, 15) is 4.79 Å². The van der Waals surface area contributed by atoms with Gasteiger partial charge in [0.05, 0.1) is 6.20 Å².